The van der Waals surface area contributed by atoms with Crippen LogP contribution in [0.3, 0.4) is 0 Å². The Kier molecular flexibility index (Phi) is 5.33. The summed E-state index contributed by atoms with van der Waals surface area (Å²) in [6.07, 6.45) is 3.36. The van der Waals surface area contributed by atoms with E-state index in [9.17, 15) is 14.4 Å². The fourth-order valence-corrected chi connectivity index (χ4v) is 1.21. The molecule has 1 rings (SSSR count). The Morgan fingerprint density at radius 3 is 2.58 bits per heavy atom. The van der Waals surface area contributed by atoms with Crippen LogP contribution in [-0.2, 0) is 23.2 Å². The summed E-state index contributed by atoms with van der Waals surface area (Å²) in [5.74, 6) is -1.71. The number of urea groups is 1. The number of carboxylic acids is 1. The van der Waals surface area contributed by atoms with E-state index in [4.69, 9.17) is 5.11 Å². The summed E-state index contributed by atoms with van der Waals surface area (Å²) in [4.78, 5) is 32.6. The molecule has 0 saturated carbocycles. The lowest BCUT2D eigenvalue weighted by Gasteiger charge is -2.06. The number of hydrogen-bond donors (Lipinski definition) is 4. The third-order valence-corrected chi connectivity index (χ3v) is 2.06. The highest BCUT2D eigenvalue weighted by molar-refractivity contribution is 5.86. The average Bonchev–Trinajstić information content (AvgIpc) is 2.77. The topological polar surface area (TPSA) is 125 Å². The van der Waals surface area contributed by atoms with Gasteiger partial charge in [-0.1, -0.05) is 0 Å². The highest BCUT2D eigenvalue weighted by Gasteiger charge is 2.06. The summed E-state index contributed by atoms with van der Waals surface area (Å²) < 4.78 is 1.61. The summed E-state index contributed by atoms with van der Waals surface area (Å²) >= 11 is 0. The van der Waals surface area contributed by atoms with Crippen molar-refractivity contribution in [3.8, 4) is 0 Å². The number of carbonyl (C=O) groups is 3. The molecule has 0 atom stereocenters. The lowest BCUT2D eigenvalue weighted by atomic mass is 10.4. The van der Waals surface area contributed by atoms with Crippen molar-refractivity contribution in [1.82, 2.24) is 25.7 Å². The third kappa shape index (κ3) is 6.05. The highest BCUT2D eigenvalue weighted by atomic mass is 16.4. The number of nitrogens with one attached hydrogen (secondary N) is 3. The van der Waals surface area contributed by atoms with Gasteiger partial charge >= 0.3 is 12.0 Å². The predicted octanol–water partition coefficient (Wildman–Crippen LogP) is -1.58. The van der Waals surface area contributed by atoms with Gasteiger partial charge in [-0.25, -0.2) is 4.79 Å². The third-order valence-electron chi connectivity index (χ3n) is 2.06. The van der Waals surface area contributed by atoms with E-state index in [2.05, 4.69) is 21.0 Å². The molecule has 0 bridgehead atoms. The van der Waals surface area contributed by atoms with E-state index in [1.807, 2.05) is 0 Å². The zero-order valence-electron chi connectivity index (χ0n) is 10.3. The Balaban J connectivity index is 2.17. The van der Waals surface area contributed by atoms with Crippen LogP contribution in [0.25, 0.3) is 0 Å². The fraction of sp³-hybridized carbons (Fsp3) is 0.400. The van der Waals surface area contributed by atoms with Crippen molar-refractivity contribution in [2.75, 3.05) is 13.1 Å². The van der Waals surface area contributed by atoms with Gasteiger partial charge in [0.05, 0.1) is 12.7 Å². The fourth-order valence-electron chi connectivity index (χ4n) is 1.21. The van der Waals surface area contributed by atoms with Gasteiger partial charge in [0.25, 0.3) is 0 Å². The number of aliphatic carboxylic acids is 1. The van der Waals surface area contributed by atoms with Crippen LogP contribution in [0.15, 0.2) is 12.4 Å². The molecule has 1 aromatic rings. The Hall–Kier alpha value is -2.58. The molecule has 1 heterocycles. The van der Waals surface area contributed by atoms with E-state index >= 15 is 0 Å². The molecule has 0 aromatic carbocycles. The molecule has 0 aliphatic rings. The standard InChI is InChI=1S/C10H15N5O4/c1-15-6-7(3-14-15)2-12-10(19)13-4-8(16)11-5-9(17)18/h3,6H,2,4-5H2,1H3,(H,11,16)(H,17,18)(H2,12,13,19). The molecule has 0 saturated heterocycles. The second-order valence-corrected chi connectivity index (χ2v) is 3.73. The molecular weight excluding hydrogens is 254 g/mol. The molecule has 0 spiro atoms. The van der Waals surface area contributed by atoms with Crippen molar-refractivity contribution in [2.24, 2.45) is 7.05 Å². The van der Waals surface area contributed by atoms with Crippen LogP contribution in [0.2, 0.25) is 0 Å². The molecule has 9 heteroatoms. The number of aromatic nitrogens is 2. The quantitative estimate of drug-likeness (QED) is 0.496. The smallest absolute Gasteiger partial charge is 0.322 e. The van der Waals surface area contributed by atoms with E-state index < -0.39 is 24.5 Å². The van der Waals surface area contributed by atoms with Crippen LogP contribution in [0, 0.1) is 0 Å². The monoisotopic (exact) mass is 269 g/mol. The molecule has 104 valence electrons. The molecule has 4 N–H and O–H groups in total. The van der Waals surface area contributed by atoms with Gasteiger partial charge in [0.2, 0.25) is 5.91 Å². The molecule has 0 radical (unpaired) electrons. The Morgan fingerprint density at radius 1 is 1.26 bits per heavy atom. The summed E-state index contributed by atoms with van der Waals surface area (Å²) in [6, 6.07) is -0.519. The van der Waals surface area contributed by atoms with E-state index in [0.717, 1.165) is 5.56 Å². The van der Waals surface area contributed by atoms with Gasteiger partial charge in [0.15, 0.2) is 0 Å². The Morgan fingerprint density at radius 2 is 2.00 bits per heavy atom. The number of aryl methyl sites for hydroxylation is 1. The van der Waals surface area contributed by atoms with Gasteiger partial charge < -0.3 is 21.1 Å². The number of nitrogens with zero attached hydrogens (tertiary/aromatic N) is 2. The molecule has 19 heavy (non-hydrogen) atoms. The number of rotatable bonds is 6. The van der Waals surface area contributed by atoms with E-state index in [1.165, 1.54) is 0 Å². The second kappa shape index (κ2) is 6.99. The van der Waals surface area contributed by atoms with Gasteiger partial charge in [-0.05, 0) is 0 Å². The summed E-state index contributed by atoms with van der Waals surface area (Å²) in [5.41, 5.74) is 0.827. The first-order valence-electron chi connectivity index (χ1n) is 5.45. The van der Waals surface area contributed by atoms with Crippen LogP contribution >= 0.6 is 0 Å². The molecule has 0 aliphatic heterocycles. The van der Waals surface area contributed by atoms with E-state index in [1.54, 1.807) is 24.1 Å². The van der Waals surface area contributed by atoms with E-state index in [0.29, 0.717) is 0 Å². The lowest BCUT2D eigenvalue weighted by molar-refractivity contribution is -0.137. The maximum absolute atomic E-state index is 11.3. The lowest BCUT2D eigenvalue weighted by Crippen LogP contribution is -2.42. The Bertz CT molecular complexity index is 470. The Labute approximate surface area is 109 Å². The minimum atomic E-state index is -1.14. The van der Waals surface area contributed by atoms with Crippen LogP contribution < -0.4 is 16.0 Å². The van der Waals surface area contributed by atoms with Crippen molar-refractivity contribution in [3.63, 3.8) is 0 Å². The zero-order valence-corrected chi connectivity index (χ0v) is 10.3. The molecule has 0 aliphatic carbocycles. The molecular formula is C10H15N5O4. The summed E-state index contributed by atoms with van der Waals surface area (Å²) in [5, 5.41) is 19.2. The van der Waals surface area contributed by atoms with Crippen molar-refractivity contribution >= 4 is 17.9 Å². The SMILES string of the molecule is Cn1cc(CNC(=O)NCC(=O)NCC(=O)O)cn1. The highest BCUT2D eigenvalue weighted by Crippen LogP contribution is 1.94. The maximum atomic E-state index is 11.3. The van der Waals surface area contributed by atoms with E-state index in [-0.39, 0.29) is 13.1 Å². The molecule has 0 fully saturated rings. The summed E-state index contributed by atoms with van der Waals surface area (Å²) in [7, 11) is 1.76. The van der Waals surface area contributed by atoms with Crippen LogP contribution in [-0.4, -0.2) is 45.9 Å². The molecule has 1 aromatic heterocycles. The first kappa shape index (κ1) is 14.5. The van der Waals surface area contributed by atoms with Crippen molar-refractivity contribution in [2.45, 2.75) is 6.54 Å². The van der Waals surface area contributed by atoms with Crippen molar-refractivity contribution in [3.05, 3.63) is 18.0 Å². The summed E-state index contributed by atoms with van der Waals surface area (Å²) in [6.45, 7) is -0.472. The molecule has 3 amide bonds. The van der Waals surface area contributed by atoms with Crippen LogP contribution in [0.5, 0.6) is 0 Å². The number of carbonyl (C=O) groups excluding carboxylic acids is 2. The number of hydrogen-bond acceptors (Lipinski definition) is 4. The van der Waals surface area contributed by atoms with Gasteiger partial charge in [0, 0.05) is 25.4 Å². The van der Waals surface area contributed by atoms with Crippen molar-refractivity contribution < 1.29 is 19.5 Å². The predicted molar refractivity (Wildman–Crippen MR) is 64.1 cm³/mol. The van der Waals surface area contributed by atoms with Crippen molar-refractivity contribution in [1.29, 1.82) is 0 Å². The van der Waals surface area contributed by atoms with Gasteiger partial charge in [-0.3, -0.25) is 14.3 Å². The first-order chi connectivity index (χ1) is 8.97. The first-order valence-corrected chi connectivity index (χ1v) is 5.45. The number of carboxylic acid groups (broad SMARTS) is 1. The largest absolute Gasteiger partial charge is 0.480 e. The average molecular weight is 269 g/mol. The van der Waals surface area contributed by atoms with Gasteiger partial charge in [-0.2, -0.15) is 5.10 Å². The van der Waals surface area contributed by atoms with Crippen LogP contribution in [0.4, 0.5) is 4.79 Å². The normalized spacial score (nSPS) is 9.74. The number of amides is 3. The maximum Gasteiger partial charge on any atom is 0.322 e. The molecule has 0 unspecified atom stereocenters. The zero-order chi connectivity index (χ0) is 14.3. The second-order valence-electron chi connectivity index (χ2n) is 3.73. The minimum absolute atomic E-state index is 0.286. The van der Waals surface area contributed by atoms with Gasteiger partial charge in [0.1, 0.15) is 6.54 Å². The van der Waals surface area contributed by atoms with Gasteiger partial charge in [-0.15, -0.1) is 0 Å². The van der Waals surface area contributed by atoms with Crippen LogP contribution in [0.1, 0.15) is 5.56 Å². The molecule has 9 nitrogen and oxygen atoms in total. The minimum Gasteiger partial charge on any atom is -0.480 e.